The molecular formula is C21H23N3O3S. The van der Waals surface area contributed by atoms with E-state index in [1.165, 1.54) is 7.11 Å². The molecule has 2 N–H and O–H groups in total. The van der Waals surface area contributed by atoms with Gasteiger partial charge in [0.25, 0.3) is 0 Å². The zero-order valence-corrected chi connectivity index (χ0v) is 16.9. The maximum atomic E-state index is 11.8. The summed E-state index contributed by atoms with van der Waals surface area (Å²) >= 11 is 5.30. The molecule has 0 unspecified atom stereocenters. The number of nitrogens with one attached hydrogen (secondary N) is 2. The molecule has 0 saturated heterocycles. The predicted octanol–water partition coefficient (Wildman–Crippen LogP) is 3.95. The molecule has 0 spiro atoms. The lowest BCUT2D eigenvalue weighted by Gasteiger charge is -2.12. The van der Waals surface area contributed by atoms with Gasteiger partial charge in [0, 0.05) is 5.69 Å². The number of aryl methyl sites for hydroxylation is 2. The third-order valence-corrected chi connectivity index (χ3v) is 4.60. The van der Waals surface area contributed by atoms with Crippen molar-refractivity contribution in [2.45, 2.75) is 26.7 Å². The van der Waals surface area contributed by atoms with Gasteiger partial charge in [-0.1, -0.05) is 18.2 Å². The topological polar surface area (TPSA) is 71.9 Å². The summed E-state index contributed by atoms with van der Waals surface area (Å²) in [6.07, 6.45) is 3.41. The molecule has 2 aromatic rings. The van der Waals surface area contributed by atoms with Crippen LogP contribution in [0.2, 0.25) is 0 Å². The average Bonchev–Trinajstić information content (AvgIpc) is 3.51. The Morgan fingerprint density at radius 1 is 1.18 bits per heavy atom. The quantitative estimate of drug-likeness (QED) is 0.253. The van der Waals surface area contributed by atoms with E-state index in [1.54, 1.807) is 24.4 Å². The van der Waals surface area contributed by atoms with Crippen LogP contribution in [0.15, 0.2) is 41.5 Å². The standard InChI is InChI=1S/C21H23N3O3S/c1-13-5-4-6-14(2)19(13)23-21(28)24-22-12-15-7-10-17(18(11-15)26-3)27-20(25)16-8-9-16/h4-7,10-12,16H,8-9H2,1-3H3,(H2,23,24,28)/b22-12-. The molecule has 0 amide bonds. The number of anilines is 1. The van der Waals surface area contributed by atoms with Crippen LogP contribution in [0.5, 0.6) is 11.5 Å². The zero-order chi connectivity index (χ0) is 20.1. The van der Waals surface area contributed by atoms with Gasteiger partial charge in [0.05, 0.1) is 19.2 Å². The van der Waals surface area contributed by atoms with Gasteiger partial charge in [0.1, 0.15) is 0 Å². The summed E-state index contributed by atoms with van der Waals surface area (Å²) in [5.74, 6) is 0.718. The number of rotatable bonds is 6. The van der Waals surface area contributed by atoms with Crippen LogP contribution in [0.25, 0.3) is 0 Å². The SMILES string of the molecule is COc1cc(/C=N\NC(=S)Nc2c(C)cccc2C)ccc1OC(=O)C1CC1. The number of ether oxygens (including phenoxy) is 2. The van der Waals surface area contributed by atoms with Crippen molar-refractivity contribution in [2.75, 3.05) is 12.4 Å². The molecule has 0 aliphatic heterocycles. The molecule has 1 saturated carbocycles. The highest BCUT2D eigenvalue weighted by Gasteiger charge is 2.32. The number of nitrogens with zero attached hydrogens (tertiary/aromatic N) is 1. The zero-order valence-electron chi connectivity index (χ0n) is 16.1. The highest BCUT2D eigenvalue weighted by molar-refractivity contribution is 7.80. The summed E-state index contributed by atoms with van der Waals surface area (Å²) in [4.78, 5) is 11.8. The first-order valence-corrected chi connectivity index (χ1v) is 9.44. The fourth-order valence-corrected chi connectivity index (χ4v) is 2.83. The third kappa shape index (κ3) is 5.07. The number of esters is 1. The largest absolute Gasteiger partial charge is 0.493 e. The van der Waals surface area contributed by atoms with Crippen LogP contribution in [0, 0.1) is 19.8 Å². The van der Waals surface area contributed by atoms with Crippen molar-refractivity contribution in [3.8, 4) is 11.5 Å². The molecule has 0 bridgehead atoms. The lowest BCUT2D eigenvalue weighted by Crippen LogP contribution is -2.24. The molecular weight excluding hydrogens is 374 g/mol. The lowest BCUT2D eigenvalue weighted by atomic mass is 10.1. The Morgan fingerprint density at radius 3 is 2.54 bits per heavy atom. The lowest BCUT2D eigenvalue weighted by molar-refractivity contribution is -0.135. The van der Waals surface area contributed by atoms with E-state index >= 15 is 0 Å². The Hall–Kier alpha value is -2.93. The van der Waals surface area contributed by atoms with Gasteiger partial charge in [-0.3, -0.25) is 10.2 Å². The second-order valence-corrected chi connectivity index (χ2v) is 7.10. The number of benzene rings is 2. The van der Waals surface area contributed by atoms with Crippen LogP contribution >= 0.6 is 12.2 Å². The van der Waals surface area contributed by atoms with Crippen LogP contribution in [0.1, 0.15) is 29.5 Å². The summed E-state index contributed by atoms with van der Waals surface area (Å²) in [5.41, 5.74) is 6.77. The van der Waals surface area contributed by atoms with E-state index in [4.69, 9.17) is 21.7 Å². The molecule has 1 fully saturated rings. The summed E-state index contributed by atoms with van der Waals surface area (Å²) in [5, 5.41) is 7.72. The molecule has 0 radical (unpaired) electrons. The van der Waals surface area contributed by atoms with Crippen molar-refractivity contribution < 1.29 is 14.3 Å². The highest BCUT2D eigenvalue weighted by Crippen LogP contribution is 2.34. The minimum Gasteiger partial charge on any atom is -0.493 e. The van der Waals surface area contributed by atoms with E-state index in [0.29, 0.717) is 16.6 Å². The van der Waals surface area contributed by atoms with E-state index in [9.17, 15) is 4.79 Å². The van der Waals surface area contributed by atoms with Gasteiger partial charge in [-0.05, 0) is 73.8 Å². The summed E-state index contributed by atoms with van der Waals surface area (Å²) < 4.78 is 10.7. The first-order chi connectivity index (χ1) is 13.5. The van der Waals surface area contributed by atoms with Gasteiger partial charge in [-0.15, -0.1) is 0 Å². The first kappa shape index (κ1) is 19.8. The number of carbonyl (C=O) groups is 1. The molecule has 0 atom stereocenters. The number of thiocarbonyl (C=S) groups is 1. The minimum absolute atomic E-state index is 0.0283. The van der Waals surface area contributed by atoms with Crippen LogP contribution in [-0.4, -0.2) is 24.4 Å². The summed E-state index contributed by atoms with van der Waals surface area (Å²) in [6.45, 7) is 4.04. The van der Waals surface area contributed by atoms with E-state index in [0.717, 1.165) is 35.2 Å². The summed E-state index contributed by atoms with van der Waals surface area (Å²) in [6, 6.07) is 11.3. The Bertz CT molecular complexity index is 903. The second kappa shape index (κ2) is 8.84. The van der Waals surface area contributed by atoms with Crippen molar-refractivity contribution in [3.05, 3.63) is 53.1 Å². The Balaban J connectivity index is 1.60. The molecule has 6 nitrogen and oxygen atoms in total. The van der Waals surface area contributed by atoms with Gasteiger partial charge in [-0.2, -0.15) is 5.10 Å². The van der Waals surface area contributed by atoms with Gasteiger partial charge < -0.3 is 14.8 Å². The molecule has 1 aliphatic rings. The van der Waals surface area contributed by atoms with Crippen LogP contribution < -0.4 is 20.2 Å². The molecule has 0 heterocycles. The first-order valence-electron chi connectivity index (χ1n) is 9.04. The van der Waals surface area contributed by atoms with E-state index in [2.05, 4.69) is 15.8 Å². The van der Waals surface area contributed by atoms with Crippen molar-refractivity contribution in [2.24, 2.45) is 11.0 Å². The molecule has 2 aromatic carbocycles. The van der Waals surface area contributed by atoms with Crippen molar-refractivity contribution >= 4 is 35.2 Å². The normalized spacial score (nSPS) is 13.2. The van der Waals surface area contributed by atoms with Crippen molar-refractivity contribution in [1.29, 1.82) is 0 Å². The van der Waals surface area contributed by atoms with Crippen molar-refractivity contribution in [1.82, 2.24) is 5.43 Å². The van der Waals surface area contributed by atoms with Crippen LogP contribution in [0.3, 0.4) is 0 Å². The minimum atomic E-state index is -0.204. The van der Waals surface area contributed by atoms with Gasteiger partial charge >= 0.3 is 5.97 Å². The number of hydrogen-bond donors (Lipinski definition) is 2. The average molecular weight is 398 g/mol. The van der Waals surface area contributed by atoms with Gasteiger partial charge in [0.15, 0.2) is 16.6 Å². The van der Waals surface area contributed by atoms with Crippen molar-refractivity contribution in [3.63, 3.8) is 0 Å². The van der Waals surface area contributed by atoms with E-state index in [1.807, 2.05) is 32.0 Å². The summed E-state index contributed by atoms with van der Waals surface area (Å²) in [7, 11) is 1.53. The number of hydrogen-bond acceptors (Lipinski definition) is 5. The third-order valence-electron chi connectivity index (χ3n) is 4.41. The van der Waals surface area contributed by atoms with E-state index < -0.39 is 0 Å². The maximum absolute atomic E-state index is 11.8. The Labute approximate surface area is 169 Å². The number of para-hydroxylation sites is 1. The fraction of sp³-hybridized carbons (Fsp3) is 0.286. The number of carbonyl (C=O) groups excluding carboxylic acids is 1. The fourth-order valence-electron chi connectivity index (χ4n) is 2.68. The Morgan fingerprint density at radius 2 is 1.89 bits per heavy atom. The molecule has 7 heteroatoms. The molecule has 1 aliphatic carbocycles. The Kier molecular flexibility index (Phi) is 6.26. The van der Waals surface area contributed by atoms with Gasteiger partial charge in [-0.25, -0.2) is 0 Å². The van der Waals surface area contributed by atoms with E-state index in [-0.39, 0.29) is 11.9 Å². The smallest absolute Gasteiger partial charge is 0.314 e. The molecule has 28 heavy (non-hydrogen) atoms. The number of hydrazone groups is 1. The number of methoxy groups -OCH3 is 1. The monoisotopic (exact) mass is 397 g/mol. The molecule has 146 valence electrons. The second-order valence-electron chi connectivity index (χ2n) is 6.70. The van der Waals surface area contributed by atoms with Crippen LogP contribution in [0.4, 0.5) is 5.69 Å². The predicted molar refractivity (Wildman–Crippen MR) is 114 cm³/mol. The molecule has 0 aromatic heterocycles. The van der Waals surface area contributed by atoms with Crippen LogP contribution in [-0.2, 0) is 4.79 Å². The maximum Gasteiger partial charge on any atom is 0.314 e. The molecule has 3 rings (SSSR count). The van der Waals surface area contributed by atoms with Gasteiger partial charge in [0.2, 0.25) is 0 Å². The highest BCUT2D eigenvalue weighted by atomic mass is 32.1.